The van der Waals surface area contributed by atoms with Crippen molar-refractivity contribution in [1.82, 2.24) is 10.6 Å². The minimum Gasteiger partial charge on any atom is -0.493 e. The molecule has 1 fully saturated rings. The minimum absolute atomic E-state index is 0. The monoisotopic (exact) mass is 521 g/mol. The smallest absolute Gasteiger partial charge is 0.191 e. The lowest BCUT2D eigenvalue weighted by Gasteiger charge is -2.28. The largest absolute Gasteiger partial charge is 0.493 e. The van der Waals surface area contributed by atoms with Crippen LogP contribution in [0, 0.1) is 0 Å². The average molecular weight is 521 g/mol. The zero-order valence-electron chi connectivity index (χ0n) is 18.4. The van der Waals surface area contributed by atoms with E-state index in [0.29, 0.717) is 19.8 Å². The molecule has 0 spiro atoms. The highest BCUT2D eigenvalue weighted by molar-refractivity contribution is 14.0. The lowest BCUT2D eigenvalue weighted by molar-refractivity contribution is 0.0347. The van der Waals surface area contributed by atoms with Crippen LogP contribution in [0.3, 0.4) is 0 Å². The molecule has 1 saturated heterocycles. The molecule has 1 heterocycles. The third-order valence-corrected chi connectivity index (χ3v) is 4.94. The molecule has 8 heteroatoms. The van der Waals surface area contributed by atoms with Crippen molar-refractivity contribution in [1.29, 1.82) is 0 Å². The van der Waals surface area contributed by atoms with Gasteiger partial charge in [-0.25, -0.2) is 0 Å². The van der Waals surface area contributed by atoms with Gasteiger partial charge >= 0.3 is 0 Å². The Kier molecular flexibility index (Phi) is 11.1. The normalized spacial score (nSPS) is 18.0. The van der Waals surface area contributed by atoms with Crippen LogP contribution in [0.15, 0.2) is 23.2 Å². The van der Waals surface area contributed by atoms with Crippen molar-refractivity contribution in [3.8, 4) is 11.5 Å². The standard InChI is InChI=1S/C21H35N3O4.HI/c1-15(12-28-17-9-10-27-13-17)24-20(22-4)23-14-21(2,3)16-7-8-18(25-5)19(11-16)26-6;/h7-8,11,15,17H,9-10,12-14H2,1-6H3,(H2,22,23,24);1H. The average Bonchev–Trinajstić information content (AvgIpc) is 3.22. The first-order valence-electron chi connectivity index (χ1n) is 9.78. The predicted molar refractivity (Wildman–Crippen MR) is 127 cm³/mol. The summed E-state index contributed by atoms with van der Waals surface area (Å²) in [6, 6.07) is 6.18. The molecule has 2 rings (SSSR count). The minimum atomic E-state index is -0.127. The first-order chi connectivity index (χ1) is 13.4. The number of benzene rings is 1. The number of aliphatic imine (C=N–C) groups is 1. The van der Waals surface area contributed by atoms with Crippen LogP contribution < -0.4 is 20.1 Å². The van der Waals surface area contributed by atoms with Crippen molar-refractivity contribution < 1.29 is 18.9 Å². The summed E-state index contributed by atoms with van der Waals surface area (Å²) in [4.78, 5) is 4.34. The Balaban J connectivity index is 0.00000420. The molecule has 29 heavy (non-hydrogen) atoms. The molecule has 0 saturated carbocycles. The van der Waals surface area contributed by atoms with Gasteiger partial charge in [0.05, 0.1) is 33.5 Å². The summed E-state index contributed by atoms with van der Waals surface area (Å²) < 4.78 is 22.0. The maximum absolute atomic E-state index is 5.88. The van der Waals surface area contributed by atoms with E-state index in [1.54, 1.807) is 21.3 Å². The number of hydrogen-bond acceptors (Lipinski definition) is 5. The molecule has 2 N–H and O–H groups in total. The lowest BCUT2D eigenvalue weighted by atomic mass is 9.84. The van der Waals surface area contributed by atoms with E-state index in [9.17, 15) is 0 Å². The van der Waals surface area contributed by atoms with E-state index >= 15 is 0 Å². The molecule has 0 bridgehead atoms. The fraction of sp³-hybridized carbons (Fsp3) is 0.667. The highest BCUT2D eigenvalue weighted by Crippen LogP contribution is 2.32. The zero-order chi connectivity index (χ0) is 20.6. The van der Waals surface area contributed by atoms with Crippen LogP contribution in [0.2, 0.25) is 0 Å². The third-order valence-electron chi connectivity index (χ3n) is 4.94. The topological polar surface area (TPSA) is 73.3 Å². The van der Waals surface area contributed by atoms with Gasteiger partial charge in [0, 0.05) is 31.7 Å². The van der Waals surface area contributed by atoms with Crippen molar-refractivity contribution in [2.75, 3.05) is 47.6 Å². The molecule has 2 unspecified atom stereocenters. The van der Waals surface area contributed by atoms with Crippen LogP contribution in [0.4, 0.5) is 0 Å². The quantitative estimate of drug-likeness (QED) is 0.296. The molecular weight excluding hydrogens is 485 g/mol. The van der Waals surface area contributed by atoms with E-state index in [-0.39, 0.29) is 41.5 Å². The van der Waals surface area contributed by atoms with Gasteiger partial charge in [-0.05, 0) is 31.0 Å². The van der Waals surface area contributed by atoms with Crippen LogP contribution >= 0.6 is 24.0 Å². The van der Waals surface area contributed by atoms with Crippen molar-refractivity contribution >= 4 is 29.9 Å². The van der Waals surface area contributed by atoms with E-state index < -0.39 is 0 Å². The van der Waals surface area contributed by atoms with Gasteiger partial charge < -0.3 is 29.6 Å². The second kappa shape index (κ2) is 12.4. The van der Waals surface area contributed by atoms with Gasteiger partial charge in [-0.1, -0.05) is 19.9 Å². The maximum Gasteiger partial charge on any atom is 0.191 e. The van der Waals surface area contributed by atoms with Crippen LogP contribution in [-0.4, -0.2) is 65.7 Å². The number of nitrogens with zero attached hydrogens (tertiary/aromatic N) is 1. The van der Waals surface area contributed by atoms with Gasteiger partial charge in [0.25, 0.3) is 0 Å². The number of halogens is 1. The first-order valence-corrected chi connectivity index (χ1v) is 9.78. The number of methoxy groups -OCH3 is 2. The molecular formula is C21H36IN3O4. The second-order valence-corrected chi connectivity index (χ2v) is 7.74. The molecule has 0 amide bonds. The molecule has 166 valence electrons. The van der Waals surface area contributed by atoms with Gasteiger partial charge in [0.2, 0.25) is 0 Å². The van der Waals surface area contributed by atoms with Gasteiger partial charge in [-0.3, -0.25) is 4.99 Å². The summed E-state index contributed by atoms with van der Waals surface area (Å²) in [5, 5.41) is 6.80. The van der Waals surface area contributed by atoms with Crippen molar-refractivity contribution in [2.45, 2.75) is 44.8 Å². The van der Waals surface area contributed by atoms with Crippen molar-refractivity contribution in [3.05, 3.63) is 23.8 Å². The SMILES string of the molecule is CN=C(NCC(C)(C)c1ccc(OC)c(OC)c1)NC(C)COC1CCOC1.I. The Labute approximate surface area is 191 Å². The Morgan fingerprint density at radius 3 is 2.59 bits per heavy atom. The molecule has 1 aromatic carbocycles. The molecule has 0 radical (unpaired) electrons. The molecule has 0 aliphatic carbocycles. The van der Waals surface area contributed by atoms with Crippen LogP contribution in [0.1, 0.15) is 32.8 Å². The molecule has 7 nitrogen and oxygen atoms in total. The molecule has 0 aromatic heterocycles. The number of guanidine groups is 1. The summed E-state index contributed by atoms with van der Waals surface area (Å²) in [5.74, 6) is 2.22. The fourth-order valence-corrected chi connectivity index (χ4v) is 3.06. The molecule has 1 aliphatic rings. The van der Waals surface area contributed by atoms with Crippen LogP contribution in [0.5, 0.6) is 11.5 Å². The summed E-state index contributed by atoms with van der Waals surface area (Å²) in [5.41, 5.74) is 1.03. The predicted octanol–water partition coefficient (Wildman–Crippen LogP) is 2.96. The van der Waals surface area contributed by atoms with Crippen molar-refractivity contribution in [3.63, 3.8) is 0 Å². The van der Waals surface area contributed by atoms with Gasteiger partial charge in [-0.2, -0.15) is 0 Å². The van der Waals surface area contributed by atoms with E-state index in [0.717, 1.165) is 36.0 Å². The third kappa shape index (κ3) is 7.82. The van der Waals surface area contributed by atoms with E-state index in [1.807, 2.05) is 12.1 Å². The molecule has 1 aliphatic heterocycles. The Morgan fingerprint density at radius 1 is 1.28 bits per heavy atom. The number of hydrogen-bond donors (Lipinski definition) is 2. The number of rotatable bonds is 9. The van der Waals surface area contributed by atoms with E-state index in [4.69, 9.17) is 18.9 Å². The number of nitrogens with one attached hydrogen (secondary N) is 2. The Bertz CT molecular complexity index is 649. The summed E-state index contributed by atoms with van der Waals surface area (Å²) in [7, 11) is 5.07. The highest BCUT2D eigenvalue weighted by Gasteiger charge is 2.23. The zero-order valence-corrected chi connectivity index (χ0v) is 20.7. The van der Waals surface area contributed by atoms with Crippen molar-refractivity contribution in [2.24, 2.45) is 4.99 Å². The summed E-state index contributed by atoms with van der Waals surface area (Å²) in [6.45, 7) is 9.27. The summed E-state index contributed by atoms with van der Waals surface area (Å²) in [6.07, 6.45) is 1.18. The van der Waals surface area contributed by atoms with Gasteiger partial charge in [-0.15, -0.1) is 24.0 Å². The molecule has 1 aromatic rings. The van der Waals surface area contributed by atoms with Crippen LogP contribution in [-0.2, 0) is 14.9 Å². The van der Waals surface area contributed by atoms with Crippen LogP contribution in [0.25, 0.3) is 0 Å². The van der Waals surface area contributed by atoms with Gasteiger partial charge in [0.15, 0.2) is 17.5 Å². The second-order valence-electron chi connectivity index (χ2n) is 7.74. The van der Waals surface area contributed by atoms with E-state index in [2.05, 4.69) is 42.5 Å². The first kappa shape index (κ1) is 25.8. The highest BCUT2D eigenvalue weighted by atomic mass is 127. The Hall–Kier alpha value is -1.26. The van der Waals surface area contributed by atoms with E-state index in [1.165, 1.54) is 0 Å². The lowest BCUT2D eigenvalue weighted by Crippen LogP contribution is -2.47. The fourth-order valence-electron chi connectivity index (χ4n) is 3.06. The van der Waals surface area contributed by atoms with Gasteiger partial charge in [0.1, 0.15) is 0 Å². The summed E-state index contributed by atoms with van der Waals surface area (Å²) >= 11 is 0. The Morgan fingerprint density at radius 2 is 2.00 bits per heavy atom. The maximum atomic E-state index is 5.88. The molecule has 2 atom stereocenters. The number of ether oxygens (including phenoxy) is 4.